The van der Waals surface area contributed by atoms with Gasteiger partial charge in [-0.2, -0.15) is 17.9 Å². The molecule has 0 atom stereocenters. The summed E-state index contributed by atoms with van der Waals surface area (Å²) in [6.07, 6.45) is -2.90. The van der Waals surface area contributed by atoms with Crippen molar-refractivity contribution in [2.45, 2.75) is 17.0 Å². The first-order valence-corrected chi connectivity index (χ1v) is 8.92. The molecular weight excluding hydrogens is 375 g/mol. The standard InChI is InChI=1S/C18H12F3N5S/c19-18(20,21)13-8-6-12(7-9-13)10-27-17-15-16(22-11-23-17)26(25-24-15)14-4-2-1-3-5-14/h1-9,11H,10H2. The van der Waals surface area contributed by atoms with Crippen molar-refractivity contribution in [3.8, 4) is 5.69 Å². The molecule has 0 saturated carbocycles. The van der Waals surface area contributed by atoms with Gasteiger partial charge >= 0.3 is 6.18 Å². The zero-order valence-corrected chi connectivity index (χ0v) is 14.6. The van der Waals surface area contributed by atoms with Gasteiger partial charge in [0.15, 0.2) is 11.2 Å². The second-order valence-electron chi connectivity index (χ2n) is 5.67. The number of hydrogen-bond donors (Lipinski definition) is 0. The van der Waals surface area contributed by atoms with Crippen molar-refractivity contribution in [2.24, 2.45) is 0 Å². The van der Waals surface area contributed by atoms with Gasteiger partial charge in [0.2, 0.25) is 0 Å². The lowest BCUT2D eigenvalue weighted by molar-refractivity contribution is -0.137. The van der Waals surface area contributed by atoms with Gasteiger partial charge in [-0.25, -0.2) is 9.97 Å². The van der Waals surface area contributed by atoms with E-state index in [4.69, 9.17) is 0 Å². The Kier molecular flexibility index (Phi) is 4.53. The van der Waals surface area contributed by atoms with E-state index in [1.165, 1.54) is 30.2 Å². The third kappa shape index (κ3) is 3.63. The van der Waals surface area contributed by atoms with E-state index in [1.54, 1.807) is 4.68 Å². The number of aromatic nitrogens is 5. The molecule has 2 aromatic heterocycles. The number of fused-ring (bicyclic) bond motifs is 1. The largest absolute Gasteiger partial charge is 0.416 e. The first-order chi connectivity index (χ1) is 13.0. The second-order valence-corrected chi connectivity index (χ2v) is 6.64. The van der Waals surface area contributed by atoms with Gasteiger partial charge in [0, 0.05) is 5.75 Å². The van der Waals surface area contributed by atoms with Crippen molar-refractivity contribution in [2.75, 3.05) is 0 Å². The summed E-state index contributed by atoms with van der Waals surface area (Å²) < 4.78 is 39.6. The summed E-state index contributed by atoms with van der Waals surface area (Å²) in [5.41, 5.74) is 2.06. The predicted molar refractivity (Wildman–Crippen MR) is 95.5 cm³/mol. The highest BCUT2D eigenvalue weighted by Crippen LogP contribution is 2.31. The van der Waals surface area contributed by atoms with E-state index < -0.39 is 11.7 Å². The number of rotatable bonds is 4. The van der Waals surface area contributed by atoms with E-state index in [1.807, 2.05) is 30.3 Å². The fourth-order valence-electron chi connectivity index (χ4n) is 2.52. The van der Waals surface area contributed by atoms with Gasteiger partial charge in [-0.1, -0.05) is 47.3 Å². The van der Waals surface area contributed by atoms with E-state index in [0.717, 1.165) is 23.4 Å². The molecule has 4 rings (SSSR count). The number of halogens is 3. The minimum absolute atomic E-state index is 0.461. The minimum Gasteiger partial charge on any atom is -0.227 e. The van der Waals surface area contributed by atoms with Crippen LogP contribution in [0.2, 0.25) is 0 Å². The number of alkyl halides is 3. The Balaban J connectivity index is 1.57. The average molecular weight is 387 g/mol. The summed E-state index contributed by atoms with van der Waals surface area (Å²) in [7, 11) is 0. The summed E-state index contributed by atoms with van der Waals surface area (Å²) in [4.78, 5) is 8.50. The van der Waals surface area contributed by atoms with Gasteiger partial charge in [-0.15, -0.1) is 5.10 Å². The Bertz CT molecular complexity index is 1060. The molecule has 5 nitrogen and oxygen atoms in total. The Hall–Kier alpha value is -2.94. The van der Waals surface area contributed by atoms with Crippen molar-refractivity contribution < 1.29 is 13.2 Å². The van der Waals surface area contributed by atoms with E-state index in [-0.39, 0.29) is 0 Å². The lowest BCUT2D eigenvalue weighted by Gasteiger charge is -2.07. The maximum atomic E-state index is 12.6. The number of benzene rings is 2. The molecule has 2 heterocycles. The fraction of sp³-hybridized carbons (Fsp3) is 0.111. The van der Waals surface area contributed by atoms with E-state index in [0.29, 0.717) is 21.9 Å². The molecule has 0 saturated heterocycles. The third-order valence-corrected chi connectivity index (χ3v) is 4.91. The first-order valence-electron chi connectivity index (χ1n) is 7.93. The molecule has 0 amide bonds. The molecule has 4 aromatic rings. The molecule has 0 spiro atoms. The normalized spacial score (nSPS) is 11.8. The summed E-state index contributed by atoms with van der Waals surface area (Å²) in [5, 5.41) is 8.94. The molecule has 0 N–H and O–H groups in total. The Morgan fingerprint density at radius 1 is 0.926 bits per heavy atom. The highest BCUT2D eigenvalue weighted by Gasteiger charge is 2.29. The first kappa shape index (κ1) is 17.5. The number of para-hydroxylation sites is 1. The van der Waals surface area contributed by atoms with Crippen LogP contribution in [0.25, 0.3) is 16.9 Å². The van der Waals surface area contributed by atoms with Crippen molar-refractivity contribution in [1.82, 2.24) is 25.0 Å². The summed E-state index contributed by atoms with van der Waals surface area (Å²) in [6, 6.07) is 14.6. The highest BCUT2D eigenvalue weighted by molar-refractivity contribution is 7.98. The lowest BCUT2D eigenvalue weighted by Crippen LogP contribution is -2.04. The van der Waals surface area contributed by atoms with Gasteiger partial charge in [-0.3, -0.25) is 0 Å². The topological polar surface area (TPSA) is 56.5 Å². The van der Waals surface area contributed by atoms with Crippen LogP contribution in [0.3, 0.4) is 0 Å². The van der Waals surface area contributed by atoms with Crippen LogP contribution in [0, 0.1) is 0 Å². The lowest BCUT2D eigenvalue weighted by atomic mass is 10.1. The second kappa shape index (κ2) is 6.99. The number of nitrogens with zero attached hydrogens (tertiary/aromatic N) is 5. The molecule has 9 heteroatoms. The van der Waals surface area contributed by atoms with Gasteiger partial charge in [0.05, 0.1) is 11.3 Å². The van der Waals surface area contributed by atoms with Crippen LogP contribution < -0.4 is 0 Å². The summed E-state index contributed by atoms with van der Waals surface area (Å²) >= 11 is 1.38. The Morgan fingerprint density at radius 3 is 2.37 bits per heavy atom. The molecule has 0 aliphatic rings. The molecule has 0 aliphatic carbocycles. The third-order valence-electron chi connectivity index (χ3n) is 3.86. The van der Waals surface area contributed by atoms with Gasteiger partial charge in [0.1, 0.15) is 11.4 Å². The average Bonchev–Trinajstić information content (AvgIpc) is 3.11. The minimum atomic E-state index is -4.33. The van der Waals surface area contributed by atoms with Crippen molar-refractivity contribution in [3.63, 3.8) is 0 Å². The van der Waals surface area contributed by atoms with Crippen LogP contribution in [0.1, 0.15) is 11.1 Å². The Morgan fingerprint density at radius 2 is 1.67 bits per heavy atom. The molecule has 27 heavy (non-hydrogen) atoms. The summed E-state index contributed by atoms with van der Waals surface area (Å²) in [5.74, 6) is 0.461. The van der Waals surface area contributed by atoms with Crippen LogP contribution in [-0.4, -0.2) is 25.0 Å². The number of thioether (sulfide) groups is 1. The predicted octanol–water partition coefficient (Wildman–Crippen LogP) is 4.52. The zero-order chi connectivity index (χ0) is 18.9. The van der Waals surface area contributed by atoms with Crippen LogP contribution in [0.5, 0.6) is 0 Å². The van der Waals surface area contributed by atoms with Gasteiger partial charge < -0.3 is 0 Å². The summed E-state index contributed by atoms with van der Waals surface area (Å²) in [6.45, 7) is 0. The van der Waals surface area contributed by atoms with E-state index in [2.05, 4.69) is 20.3 Å². The van der Waals surface area contributed by atoms with Crippen LogP contribution >= 0.6 is 11.8 Å². The van der Waals surface area contributed by atoms with Crippen LogP contribution in [0.15, 0.2) is 66.0 Å². The monoisotopic (exact) mass is 387 g/mol. The molecular formula is C18H12F3N5S. The molecule has 0 aliphatic heterocycles. The molecule has 0 bridgehead atoms. The van der Waals surface area contributed by atoms with Gasteiger partial charge in [0.25, 0.3) is 0 Å². The van der Waals surface area contributed by atoms with Crippen molar-refractivity contribution in [1.29, 1.82) is 0 Å². The van der Waals surface area contributed by atoms with Crippen molar-refractivity contribution in [3.05, 3.63) is 72.1 Å². The molecule has 0 unspecified atom stereocenters. The van der Waals surface area contributed by atoms with E-state index >= 15 is 0 Å². The maximum absolute atomic E-state index is 12.6. The Labute approximate surface area is 156 Å². The smallest absolute Gasteiger partial charge is 0.227 e. The maximum Gasteiger partial charge on any atom is 0.416 e. The molecule has 136 valence electrons. The number of hydrogen-bond acceptors (Lipinski definition) is 5. The van der Waals surface area contributed by atoms with Crippen LogP contribution in [0.4, 0.5) is 13.2 Å². The van der Waals surface area contributed by atoms with Crippen molar-refractivity contribution >= 4 is 22.9 Å². The highest BCUT2D eigenvalue weighted by atomic mass is 32.2. The quantitative estimate of drug-likeness (QED) is 0.381. The zero-order valence-electron chi connectivity index (χ0n) is 13.8. The molecule has 0 radical (unpaired) electrons. The fourth-order valence-corrected chi connectivity index (χ4v) is 3.40. The van der Waals surface area contributed by atoms with Gasteiger partial charge in [-0.05, 0) is 29.8 Å². The molecule has 2 aromatic carbocycles. The van der Waals surface area contributed by atoms with E-state index in [9.17, 15) is 13.2 Å². The van der Waals surface area contributed by atoms with Crippen LogP contribution in [-0.2, 0) is 11.9 Å². The molecule has 0 fully saturated rings. The SMILES string of the molecule is FC(F)(F)c1ccc(CSc2ncnc3c2nnn3-c2ccccc2)cc1.